The summed E-state index contributed by atoms with van der Waals surface area (Å²) in [4.78, 5) is 13.3. The zero-order valence-electron chi connectivity index (χ0n) is 14.3. The van der Waals surface area contributed by atoms with Gasteiger partial charge in [0.2, 0.25) is 0 Å². The van der Waals surface area contributed by atoms with Crippen LogP contribution in [-0.2, 0) is 6.54 Å². The fourth-order valence-electron chi connectivity index (χ4n) is 2.32. The largest absolute Gasteiger partial charge is 0.323 e. The van der Waals surface area contributed by atoms with Crippen LogP contribution in [0.15, 0.2) is 42.7 Å². The second-order valence-corrected chi connectivity index (χ2v) is 6.20. The van der Waals surface area contributed by atoms with Gasteiger partial charge in [0.05, 0.1) is 0 Å². The molecule has 0 aliphatic rings. The molecule has 124 valence electrons. The van der Waals surface area contributed by atoms with E-state index in [1.807, 2.05) is 48.1 Å². The van der Waals surface area contributed by atoms with E-state index in [2.05, 4.69) is 39.2 Å². The lowest BCUT2D eigenvalue weighted by Crippen LogP contribution is -2.04. The number of nitrogens with one attached hydrogen (secondary N) is 1. The SMILES string of the molecule is Cc1cc(Nc2ccn(CCC(C)C)n2)nc(-c2ccccn2)n1. The van der Waals surface area contributed by atoms with E-state index >= 15 is 0 Å². The molecule has 0 saturated heterocycles. The van der Waals surface area contributed by atoms with Crippen molar-refractivity contribution in [2.24, 2.45) is 5.92 Å². The highest BCUT2D eigenvalue weighted by Crippen LogP contribution is 2.18. The Labute approximate surface area is 142 Å². The molecule has 0 atom stereocenters. The van der Waals surface area contributed by atoms with Gasteiger partial charge in [0.1, 0.15) is 11.5 Å². The summed E-state index contributed by atoms with van der Waals surface area (Å²) in [6.45, 7) is 7.29. The Balaban J connectivity index is 1.77. The quantitative estimate of drug-likeness (QED) is 0.747. The summed E-state index contributed by atoms with van der Waals surface area (Å²) in [6.07, 6.45) is 4.83. The molecule has 24 heavy (non-hydrogen) atoms. The van der Waals surface area contributed by atoms with Crippen LogP contribution in [0.3, 0.4) is 0 Å². The van der Waals surface area contributed by atoms with E-state index in [9.17, 15) is 0 Å². The lowest BCUT2D eigenvalue weighted by atomic mass is 10.1. The summed E-state index contributed by atoms with van der Waals surface area (Å²) in [6, 6.07) is 9.57. The molecule has 0 aromatic carbocycles. The van der Waals surface area contributed by atoms with Gasteiger partial charge in [-0.3, -0.25) is 9.67 Å². The van der Waals surface area contributed by atoms with Crippen molar-refractivity contribution in [2.75, 3.05) is 5.32 Å². The molecule has 6 heteroatoms. The molecule has 0 aliphatic carbocycles. The Kier molecular flexibility index (Phi) is 4.84. The third-order valence-corrected chi connectivity index (χ3v) is 3.58. The number of hydrogen-bond acceptors (Lipinski definition) is 5. The normalized spacial score (nSPS) is 11.0. The third-order valence-electron chi connectivity index (χ3n) is 3.58. The maximum Gasteiger partial charge on any atom is 0.180 e. The van der Waals surface area contributed by atoms with Crippen LogP contribution >= 0.6 is 0 Å². The maximum absolute atomic E-state index is 4.55. The van der Waals surface area contributed by atoms with Crippen molar-refractivity contribution in [2.45, 2.75) is 33.7 Å². The second-order valence-electron chi connectivity index (χ2n) is 6.20. The molecule has 0 saturated carbocycles. The van der Waals surface area contributed by atoms with E-state index in [0.717, 1.165) is 36.0 Å². The number of pyridine rings is 1. The minimum absolute atomic E-state index is 0.609. The van der Waals surface area contributed by atoms with Gasteiger partial charge in [0, 0.05) is 36.8 Å². The molecule has 6 nitrogen and oxygen atoms in total. The van der Waals surface area contributed by atoms with Crippen LogP contribution in [-0.4, -0.2) is 24.7 Å². The topological polar surface area (TPSA) is 68.5 Å². The smallest absolute Gasteiger partial charge is 0.180 e. The fourth-order valence-corrected chi connectivity index (χ4v) is 2.32. The molecule has 0 fully saturated rings. The van der Waals surface area contributed by atoms with Crippen molar-refractivity contribution in [3.05, 3.63) is 48.4 Å². The van der Waals surface area contributed by atoms with Crippen LogP contribution in [0.4, 0.5) is 11.6 Å². The number of aromatic nitrogens is 5. The molecule has 0 amide bonds. The standard InChI is InChI=1S/C18H22N6/c1-13(2)7-10-24-11-8-16(23-24)21-17-12-14(3)20-18(22-17)15-6-4-5-9-19-15/h4-6,8-9,11-13H,7,10H2,1-3H3,(H,20,21,22,23). The van der Waals surface area contributed by atoms with Crippen LogP contribution in [0, 0.1) is 12.8 Å². The number of hydrogen-bond donors (Lipinski definition) is 1. The lowest BCUT2D eigenvalue weighted by molar-refractivity contribution is 0.488. The Hall–Kier alpha value is -2.76. The van der Waals surface area contributed by atoms with Gasteiger partial charge in [-0.2, -0.15) is 5.10 Å². The van der Waals surface area contributed by atoms with Crippen LogP contribution in [0.5, 0.6) is 0 Å². The zero-order valence-corrected chi connectivity index (χ0v) is 14.3. The molecule has 3 heterocycles. The molecule has 0 spiro atoms. The average Bonchev–Trinajstić information content (AvgIpc) is 3.01. The number of rotatable bonds is 6. The number of aryl methyl sites for hydroxylation is 2. The Bertz CT molecular complexity index is 794. The summed E-state index contributed by atoms with van der Waals surface area (Å²) >= 11 is 0. The monoisotopic (exact) mass is 322 g/mol. The van der Waals surface area contributed by atoms with E-state index in [0.29, 0.717) is 11.7 Å². The molecule has 3 rings (SSSR count). The molecule has 3 aromatic rings. The summed E-state index contributed by atoms with van der Waals surface area (Å²) in [7, 11) is 0. The summed E-state index contributed by atoms with van der Waals surface area (Å²) in [5.74, 6) is 2.77. The summed E-state index contributed by atoms with van der Waals surface area (Å²) in [5, 5.41) is 7.79. The minimum Gasteiger partial charge on any atom is -0.323 e. The van der Waals surface area contributed by atoms with Gasteiger partial charge in [-0.05, 0) is 31.4 Å². The molecular weight excluding hydrogens is 300 g/mol. The first-order valence-electron chi connectivity index (χ1n) is 8.18. The van der Waals surface area contributed by atoms with Gasteiger partial charge in [-0.1, -0.05) is 19.9 Å². The van der Waals surface area contributed by atoms with E-state index < -0.39 is 0 Å². The molecule has 0 bridgehead atoms. The summed E-state index contributed by atoms with van der Waals surface area (Å²) < 4.78 is 1.95. The van der Waals surface area contributed by atoms with Crippen molar-refractivity contribution >= 4 is 11.6 Å². The number of anilines is 2. The first kappa shape index (κ1) is 16.1. The van der Waals surface area contributed by atoms with Gasteiger partial charge in [0.25, 0.3) is 0 Å². The zero-order chi connectivity index (χ0) is 16.9. The molecular formula is C18H22N6. The van der Waals surface area contributed by atoms with Crippen LogP contribution < -0.4 is 5.32 Å². The Morgan fingerprint density at radius 1 is 1.12 bits per heavy atom. The number of nitrogens with zero attached hydrogens (tertiary/aromatic N) is 5. The van der Waals surface area contributed by atoms with Crippen molar-refractivity contribution in [1.29, 1.82) is 0 Å². The fraction of sp³-hybridized carbons (Fsp3) is 0.333. The van der Waals surface area contributed by atoms with Crippen molar-refractivity contribution in [3.63, 3.8) is 0 Å². The average molecular weight is 322 g/mol. The van der Waals surface area contributed by atoms with E-state index in [-0.39, 0.29) is 0 Å². The molecule has 0 aliphatic heterocycles. The van der Waals surface area contributed by atoms with Crippen LogP contribution in [0.1, 0.15) is 26.0 Å². The highest BCUT2D eigenvalue weighted by Gasteiger charge is 2.07. The summed E-state index contributed by atoms with van der Waals surface area (Å²) in [5.41, 5.74) is 1.64. The second kappa shape index (κ2) is 7.21. The van der Waals surface area contributed by atoms with Gasteiger partial charge >= 0.3 is 0 Å². The van der Waals surface area contributed by atoms with Gasteiger partial charge in [-0.25, -0.2) is 9.97 Å². The minimum atomic E-state index is 0.609. The van der Waals surface area contributed by atoms with E-state index in [1.54, 1.807) is 6.20 Å². The van der Waals surface area contributed by atoms with Crippen LogP contribution in [0.25, 0.3) is 11.5 Å². The predicted molar refractivity (Wildman–Crippen MR) is 95.0 cm³/mol. The maximum atomic E-state index is 4.55. The first-order chi connectivity index (χ1) is 11.6. The van der Waals surface area contributed by atoms with Crippen molar-refractivity contribution in [1.82, 2.24) is 24.7 Å². The molecule has 0 radical (unpaired) electrons. The van der Waals surface area contributed by atoms with E-state index in [1.165, 1.54) is 0 Å². The van der Waals surface area contributed by atoms with Gasteiger partial charge < -0.3 is 5.32 Å². The van der Waals surface area contributed by atoms with Crippen LogP contribution in [0.2, 0.25) is 0 Å². The Morgan fingerprint density at radius 2 is 2.00 bits per heavy atom. The predicted octanol–water partition coefficient (Wildman–Crippen LogP) is 3.83. The lowest BCUT2D eigenvalue weighted by Gasteiger charge is -2.07. The molecule has 1 N–H and O–H groups in total. The van der Waals surface area contributed by atoms with Crippen molar-refractivity contribution < 1.29 is 0 Å². The highest BCUT2D eigenvalue weighted by atomic mass is 15.3. The third kappa shape index (κ3) is 4.16. The van der Waals surface area contributed by atoms with Crippen molar-refractivity contribution in [3.8, 4) is 11.5 Å². The Morgan fingerprint density at radius 3 is 2.75 bits per heavy atom. The molecule has 0 unspecified atom stereocenters. The van der Waals surface area contributed by atoms with Gasteiger partial charge in [0.15, 0.2) is 11.6 Å². The van der Waals surface area contributed by atoms with Gasteiger partial charge in [-0.15, -0.1) is 0 Å². The first-order valence-corrected chi connectivity index (χ1v) is 8.18. The molecule has 3 aromatic heterocycles. The highest BCUT2D eigenvalue weighted by molar-refractivity contribution is 5.57. The van der Waals surface area contributed by atoms with E-state index in [4.69, 9.17) is 0 Å².